The molecule has 12 heavy (non-hydrogen) atoms. The van der Waals surface area contributed by atoms with Crippen LogP contribution < -0.4 is 5.32 Å². The van der Waals surface area contributed by atoms with E-state index in [9.17, 15) is 0 Å². The number of anilines is 1. The molecule has 1 aliphatic rings. The van der Waals surface area contributed by atoms with Gasteiger partial charge >= 0.3 is 0 Å². The molecule has 3 heteroatoms. The van der Waals surface area contributed by atoms with Gasteiger partial charge in [0.25, 0.3) is 0 Å². The van der Waals surface area contributed by atoms with Crippen molar-refractivity contribution in [3.05, 3.63) is 11.3 Å². The predicted octanol–water partition coefficient (Wildman–Crippen LogP) is 1.65. The summed E-state index contributed by atoms with van der Waals surface area (Å²) in [5, 5.41) is 7.66. The fraction of sp³-hybridized carbons (Fsp3) is 0.667. The average molecular weight is 165 g/mol. The molecular weight excluding hydrogens is 150 g/mol. The van der Waals surface area contributed by atoms with E-state index in [-0.39, 0.29) is 0 Å². The largest absolute Gasteiger partial charge is 0.373 e. The van der Waals surface area contributed by atoms with Gasteiger partial charge in [0.05, 0.1) is 5.69 Å². The van der Waals surface area contributed by atoms with Crippen molar-refractivity contribution in [1.82, 2.24) is 9.78 Å². The highest BCUT2D eigenvalue weighted by atomic mass is 15.3. The van der Waals surface area contributed by atoms with Crippen LogP contribution in [-0.2, 0) is 7.05 Å². The normalized spacial score (nSPS) is 16.6. The van der Waals surface area contributed by atoms with Crippen LogP contribution in [0, 0.1) is 6.92 Å². The van der Waals surface area contributed by atoms with Gasteiger partial charge in [0.2, 0.25) is 0 Å². The summed E-state index contributed by atoms with van der Waals surface area (Å²) in [5.74, 6) is 1.90. The Labute approximate surface area is 72.8 Å². The molecule has 0 aliphatic heterocycles. The molecule has 0 bridgehead atoms. The van der Waals surface area contributed by atoms with E-state index in [1.165, 1.54) is 24.1 Å². The van der Waals surface area contributed by atoms with Crippen molar-refractivity contribution in [3.8, 4) is 0 Å². The molecule has 1 N–H and O–H groups in total. The minimum Gasteiger partial charge on any atom is -0.373 e. The fourth-order valence-corrected chi connectivity index (χ4v) is 1.74. The topological polar surface area (TPSA) is 29.9 Å². The highest BCUT2D eigenvalue weighted by molar-refractivity contribution is 5.48. The molecule has 66 valence electrons. The fourth-order valence-electron chi connectivity index (χ4n) is 1.74. The van der Waals surface area contributed by atoms with E-state index in [0.717, 1.165) is 11.7 Å². The number of nitrogens with zero attached hydrogens (tertiary/aromatic N) is 2. The van der Waals surface area contributed by atoms with E-state index in [1.807, 2.05) is 18.8 Å². The van der Waals surface area contributed by atoms with Crippen LogP contribution in [0.4, 0.5) is 5.82 Å². The molecule has 1 heterocycles. The molecule has 0 atom stereocenters. The first-order valence-corrected chi connectivity index (χ1v) is 4.45. The summed E-state index contributed by atoms with van der Waals surface area (Å²) >= 11 is 0. The molecule has 2 rings (SSSR count). The highest BCUT2D eigenvalue weighted by Gasteiger charge is 2.29. The van der Waals surface area contributed by atoms with Crippen molar-refractivity contribution in [1.29, 1.82) is 0 Å². The first-order valence-electron chi connectivity index (χ1n) is 4.45. The molecule has 0 saturated heterocycles. The summed E-state index contributed by atoms with van der Waals surface area (Å²) in [5.41, 5.74) is 2.62. The third-order valence-corrected chi connectivity index (χ3v) is 2.52. The third kappa shape index (κ3) is 1.00. The van der Waals surface area contributed by atoms with Gasteiger partial charge in [-0.15, -0.1) is 0 Å². The van der Waals surface area contributed by atoms with Gasteiger partial charge in [-0.25, -0.2) is 0 Å². The van der Waals surface area contributed by atoms with Crippen LogP contribution in [0.5, 0.6) is 0 Å². The van der Waals surface area contributed by atoms with Crippen LogP contribution in [0.15, 0.2) is 0 Å². The number of aryl methyl sites for hydroxylation is 1. The summed E-state index contributed by atoms with van der Waals surface area (Å²) in [6, 6.07) is 0. The first kappa shape index (κ1) is 7.65. The van der Waals surface area contributed by atoms with Crippen molar-refractivity contribution < 1.29 is 0 Å². The predicted molar refractivity (Wildman–Crippen MR) is 49.5 cm³/mol. The van der Waals surface area contributed by atoms with E-state index in [2.05, 4.69) is 17.3 Å². The molecule has 1 saturated carbocycles. The molecular formula is C9H15N3. The Kier molecular flexibility index (Phi) is 1.60. The Balaban J connectivity index is 2.42. The Hall–Kier alpha value is -0.990. The molecule has 3 nitrogen and oxygen atoms in total. The maximum atomic E-state index is 4.50. The number of hydrogen-bond donors (Lipinski definition) is 1. The lowest BCUT2D eigenvalue weighted by Gasteiger charge is -1.99. The molecule has 0 spiro atoms. The summed E-state index contributed by atoms with van der Waals surface area (Å²) in [4.78, 5) is 0. The number of aromatic nitrogens is 2. The Morgan fingerprint density at radius 3 is 2.58 bits per heavy atom. The SMILES string of the molecule is CNc1c(C)c(C2CC2)nn1C. The zero-order valence-electron chi connectivity index (χ0n) is 7.89. The van der Waals surface area contributed by atoms with Gasteiger partial charge in [-0.1, -0.05) is 0 Å². The summed E-state index contributed by atoms with van der Waals surface area (Å²) in [7, 11) is 3.94. The molecule has 1 aliphatic carbocycles. The Morgan fingerprint density at radius 1 is 1.50 bits per heavy atom. The van der Waals surface area contributed by atoms with Crippen molar-refractivity contribution in [2.45, 2.75) is 25.7 Å². The highest BCUT2D eigenvalue weighted by Crippen LogP contribution is 2.42. The van der Waals surface area contributed by atoms with E-state index < -0.39 is 0 Å². The van der Waals surface area contributed by atoms with Crippen LogP contribution in [0.1, 0.15) is 30.0 Å². The lowest BCUT2D eigenvalue weighted by Crippen LogP contribution is -1.98. The van der Waals surface area contributed by atoms with Crippen LogP contribution in [-0.4, -0.2) is 16.8 Å². The van der Waals surface area contributed by atoms with Crippen molar-refractivity contribution in [2.75, 3.05) is 12.4 Å². The van der Waals surface area contributed by atoms with Gasteiger partial charge in [-0.3, -0.25) is 4.68 Å². The summed E-state index contributed by atoms with van der Waals surface area (Å²) in [6.45, 7) is 2.15. The monoisotopic (exact) mass is 165 g/mol. The van der Waals surface area contributed by atoms with Gasteiger partial charge < -0.3 is 5.32 Å². The van der Waals surface area contributed by atoms with E-state index in [0.29, 0.717) is 0 Å². The smallest absolute Gasteiger partial charge is 0.126 e. The summed E-state index contributed by atoms with van der Waals surface area (Å²) in [6.07, 6.45) is 2.64. The Bertz CT molecular complexity index is 297. The second-order valence-electron chi connectivity index (χ2n) is 3.51. The zero-order valence-corrected chi connectivity index (χ0v) is 7.89. The van der Waals surface area contributed by atoms with Gasteiger partial charge in [0, 0.05) is 25.6 Å². The number of rotatable bonds is 2. The lowest BCUT2D eigenvalue weighted by atomic mass is 10.2. The van der Waals surface area contributed by atoms with Gasteiger partial charge in [-0.05, 0) is 19.8 Å². The maximum absolute atomic E-state index is 4.50. The van der Waals surface area contributed by atoms with Gasteiger partial charge in [0.1, 0.15) is 5.82 Å². The number of nitrogens with one attached hydrogen (secondary N) is 1. The van der Waals surface area contributed by atoms with E-state index in [1.54, 1.807) is 0 Å². The van der Waals surface area contributed by atoms with Crippen LogP contribution in [0.3, 0.4) is 0 Å². The van der Waals surface area contributed by atoms with Crippen LogP contribution in [0.25, 0.3) is 0 Å². The third-order valence-electron chi connectivity index (χ3n) is 2.52. The van der Waals surface area contributed by atoms with Crippen LogP contribution >= 0.6 is 0 Å². The minimum atomic E-state index is 0.748. The molecule has 0 aromatic carbocycles. The first-order chi connectivity index (χ1) is 5.74. The second-order valence-corrected chi connectivity index (χ2v) is 3.51. The van der Waals surface area contributed by atoms with Crippen molar-refractivity contribution in [3.63, 3.8) is 0 Å². The quantitative estimate of drug-likeness (QED) is 0.722. The van der Waals surface area contributed by atoms with Crippen molar-refractivity contribution in [2.24, 2.45) is 7.05 Å². The van der Waals surface area contributed by atoms with E-state index in [4.69, 9.17) is 0 Å². The minimum absolute atomic E-state index is 0.748. The molecule has 1 fully saturated rings. The molecule has 0 unspecified atom stereocenters. The molecule has 1 aromatic rings. The Morgan fingerprint density at radius 2 is 2.17 bits per heavy atom. The molecule has 0 amide bonds. The number of hydrogen-bond acceptors (Lipinski definition) is 2. The van der Waals surface area contributed by atoms with Crippen LogP contribution in [0.2, 0.25) is 0 Å². The standard InChI is InChI=1S/C9H15N3/c1-6-8(7-4-5-7)11-12(3)9(6)10-2/h7,10H,4-5H2,1-3H3. The average Bonchev–Trinajstić information content (AvgIpc) is 2.80. The van der Waals surface area contributed by atoms with Crippen molar-refractivity contribution >= 4 is 5.82 Å². The summed E-state index contributed by atoms with van der Waals surface area (Å²) < 4.78 is 1.93. The van der Waals surface area contributed by atoms with Gasteiger partial charge in [0.15, 0.2) is 0 Å². The second kappa shape index (κ2) is 2.51. The lowest BCUT2D eigenvalue weighted by molar-refractivity contribution is 0.750. The molecule has 0 radical (unpaired) electrons. The maximum Gasteiger partial charge on any atom is 0.126 e. The molecule has 1 aromatic heterocycles. The zero-order chi connectivity index (χ0) is 8.72. The van der Waals surface area contributed by atoms with E-state index >= 15 is 0 Å². The van der Waals surface area contributed by atoms with Gasteiger partial charge in [-0.2, -0.15) is 5.10 Å².